The van der Waals surface area contributed by atoms with Gasteiger partial charge in [-0.25, -0.2) is 0 Å². The van der Waals surface area contributed by atoms with Crippen LogP contribution in [0.25, 0.3) is 0 Å². The fourth-order valence-corrected chi connectivity index (χ4v) is 3.18. The Balaban J connectivity index is 1.85. The molecule has 1 N–H and O–H groups in total. The quantitative estimate of drug-likeness (QED) is 0.612. The van der Waals surface area contributed by atoms with Crippen molar-refractivity contribution >= 4 is 17.4 Å². The smallest absolute Gasteiger partial charge is 0.246 e. The summed E-state index contributed by atoms with van der Waals surface area (Å²) in [7, 11) is 1.89. The van der Waals surface area contributed by atoms with Gasteiger partial charge in [0.25, 0.3) is 0 Å². The standard InChI is InChI=1S/C23H24N2O3/c1-16-12-13-21(28-16)15-25(3)22(18-8-5-4-6-9-18)23(27)24-20-11-7-10-19(14-20)17(2)26/h4-14,22H,15H2,1-3H3,(H,24,27)/t22-/m0/s1. The van der Waals surface area contributed by atoms with Crippen LogP contribution in [0, 0.1) is 6.92 Å². The number of furan rings is 1. The fourth-order valence-electron chi connectivity index (χ4n) is 3.18. The van der Waals surface area contributed by atoms with E-state index >= 15 is 0 Å². The highest BCUT2D eigenvalue weighted by Gasteiger charge is 2.26. The molecular weight excluding hydrogens is 352 g/mol. The molecule has 0 aliphatic rings. The first-order valence-corrected chi connectivity index (χ1v) is 9.16. The normalized spacial score (nSPS) is 12.0. The lowest BCUT2D eigenvalue weighted by Crippen LogP contribution is -2.34. The summed E-state index contributed by atoms with van der Waals surface area (Å²) in [5.41, 5.74) is 2.04. The third-order valence-corrected chi connectivity index (χ3v) is 4.54. The van der Waals surface area contributed by atoms with Crippen LogP contribution in [0.4, 0.5) is 5.69 Å². The number of carbonyl (C=O) groups is 2. The second kappa shape index (κ2) is 8.67. The number of nitrogens with zero attached hydrogens (tertiary/aromatic N) is 1. The van der Waals surface area contributed by atoms with Crippen LogP contribution in [0.5, 0.6) is 0 Å². The molecule has 0 radical (unpaired) electrons. The minimum Gasteiger partial charge on any atom is -0.465 e. The Bertz CT molecular complexity index is 963. The number of ketones is 1. The summed E-state index contributed by atoms with van der Waals surface area (Å²) in [6.45, 7) is 3.90. The SMILES string of the molecule is CC(=O)c1cccc(NC(=O)[C@H](c2ccccc2)N(C)Cc2ccc(C)o2)c1. The minimum absolute atomic E-state index is 0.0407. The van der Waals surface area contributed by atoms with Gasteiger partial charge in [-0.3, -0.25) is 14.5 Å². The summed E-state index contributed by atoms with van der Waals surface area (Å²) in [5.74, 6) is 1.43. The van der Waals surface area contributed by atoms with E-state index in [1.54, 1.807) is 24.3 Å². The highest BCUT2D eigenvalue weighted by Crippen LogP contribution is 2.24. The number of Topliss-reactive ketones (excluding diaryl/α,β-unsaturated/α-hetero) is 1. The lowest BCUT2D eigenvalue weighted by atomic mass is 10.0. The number of amides is 1. The molecule has 0 bridgehead atoms. The number of carbonyl (C=O) groups excluding carboxylic acids is 2. The highest BCUT2D eigenvalue weighted by atomic mass is 16.3. The maximum Gasteiger partial charge on any atom is 0.246 e. The van der Waals surface area contributed by atoms with E-state index in [2.05, 4.69) is 5.32 Å². The van der Waals surface area contributed by atoms with Crippen LogP contribution in [-0.2, 0) is 11.3 Å². The van der Waals surface area contributed by atoms with Crippen LogP contribution in [0.3, 0.4) is 0 Å². The molecule has 0 fully saturated rings. The summed E-state index contributed by atoms with van der Waals surface area (Å²) in [6, 6.07) is 19.9. The molecule has 0 saturated heterocycles. The van der Waals surface area contributed by atoms with Crippen molar-refractivity contribution in [3.63, 3.8) is 0 Å². The summed E-state index contributed by atoms with van der Waals surface area (Å²) < 4.78 is 5.67. The van der Waals surface area contributed by atoms with Crippen LogP contribution in [0.1, 0.15) is 40.4 Å². The molecule has 1 aromatic heterocycles. The van der Waals surface area contributed by atoms with Crippen molar-refractivity contribution in [1.82, 2.24) is 4.90 Å². The number of hydrogen-bond donors (Lipinski definition) is 1. The molecule has 2 aromatic carbocycles. The van der Waals surface area contributed by atoms with Crippen LogP contribution >= 0.6 is 0 Å². The van der Waals surface area contributed by atoms with Crippen LogP contribution in [0.15, 0.2) is 71.1 Å². The van der Waals surface area contributed by atoms with E-state index < -0.39 is 6.04 Å². The molecule has 0 unspecified atom stereocenters. The van der Waals surface area contributed by atoms with Gasteiger partial charge in [-0.1, -0.05) is 42.5 Å². The van der Waals surface area contributed by atoms with Gasteiger partial charge < -0.3 is 9.73 Å². The third-order valence-electron chi connectivity index (χ3n) is 4.54. The molecule has 1 atom stereocenters. The predicted molar refractivity (Wildman–Crippen MR) is 109 cm³/mol. The number of anilines is 1. The van der Waals surface area contributed by atoms with Crippen LogP contribution in [-0.4, -0.2) is 23.6 Å². The van der Waals surface area contributed by atoms with Gasteiger partial charge in [0.15, 0.2) is 5.78 Å². The number of hydrogen-bond acceptors (Lipinski definition) is 4. The average Bonchev–Trinajstić information content (AvgIpc) is 3.07. The van der Waals surface area contributed by atoms with Crippen molar-refractivity contribution in [2.45, 2.75) is 26.4 Å². The van der Waals surface area contributed by atoms with Gasteiger partial charge in [-0.15, -0.1) is 0 Å². The summed E-state index contributed by atoms with van der Waals surface area (Å²) >= 11 is 0. The highest BCUT2D eigenvalue weighted by molar-refractivity contribution is 5.98. The van der Waals surface area contributed by atoms with Gasteiger partial charge in [0.1, 0.15) is 17.6 Å². The second-order valence-corrected chi connectivity index (χ2v) is 6.87. The number of nitrogens with one attached hydrogen (secondary N) is 1. The summed E-state index contributed by atoms with van der Waals surface area (Å²) in [6.07, 6.45) is 0. The summed E-state index contributed by atoms with van der Waals surface area (Å²) in [4.78, 5) is 26.7. The Hall–Kier alpha value is -3.18. The van der Waals surface area contributed by atoms with E-state index in [1.807, 2.05) is 61.3 Å². The lowest BCUT2D eigenvalue weighted by molar-refractivity contribution is -0.121. The van der Waals surface area contributed by atoms with Gasteiger partial charge in [-0.05, 0) is 50.7 Å². The van der Waals surface area contributed by atoms with E-state index in [4.69, 9.17) is 4.42 Å². The maximum atomic E-state index is 13.2. The molecule has 0 saturated carbocycles. The maximum absolute atomic E-state index is 13.2. The van der Waals surface area contributed by atoms with Crippen molar-refractivity contribution < 1.29 is 14.0 Å². The van der Waals surface area contributed by atoms with Gasteiger partial charge in [0.05, 0.1) is 6.54 Å². The molecule has 0 spiro atoms. The first kappa shape index (κ1) is 19.6. The second-order valence-electron chi connectivity index (χ2n) is 6.87. The number of rotatable bonds is 7. The van der Waals surface area contributed by atoms with Crippen molar-refractivity contribution in [2.24, 2.45) is 0 Å². The molecule has 1 heterocycles. The molecular formula is C23H24N2O3. The van der Waals surface area contributed by atoms with Gasteiger partial charge in [0, 0.05) is 11.3 Å². The van der Waals surface area contributed by atoms with Crippen molar-refractivity contribution in [3.8, 4) is 0 Å². The zero-order valence-corrected chi connectivity index (χ0v) is 16.3. The van der Waals surface area contributed by atoms with E-state index in [0.29, 0.717) is 17.8 Å². The first-order valence-electron chi connectivity index (χ1n) is 9.16. The Morgan fingerprint density at radius 2 is 1.79 bits per heavy atom. The Labute approximate surface area is 165 Å². The molecule has 5 heteroatoms. The van der Waals surface area contributed by atoms with Crippen molar-refractivity contribution in [3.05, 3.63) is 89.4 Å². The first-order chi connectivity index (χ1) is 13.4. The molecule has 144 valence electrons. The molecule has 3 rings (SSSR count). The van der Waals surface area contributed by atoms with Crippen LogP contribution in [0.2, 0.25) is 0 Å². The van der Waals surface area contributed by atoms with Gasteiger partial charge in [-0.2, -0.15) is 0 Å². The zero-order chi connectivity index (χ0) is 20.1. The van der Waals surface area contributed by atoms with E-state index in [1.165, 1.54) is 6.92 Å². The van der Waals surface area contributed by atoms with Gasteiger partial charge in [0.2, 0.25) is 5.91 Å². The molecule has 28 heavy (non-hydrogen) atoms. The topological polar surface area (TPSA) is 62.6 Å². The lowest BCUT2D eigenvalue weighted by Gasteiger charge is -2.27. The molecule has 5 nitrogen and oxygen atoms in total. The minimum atomic E-state index is -0.507. The monoisotopic (exact) mass is 376 g/mol. The van der Waals surface area contributed by atoms with Crippen molar-refractivity contribution in [1.29, 1.82) is 0 Å². The molecule has 0 aliphatic carbocycles. The van der Waals surface area contributed by atoms with Crippen molar-refractivity contribution in [2.75, 3.05) is 12.4 Å². The van der Waals surface area contributed by atoms with Gasteiger partial charge >= 0.3 is 0 Å². The third kappa shape index (κ3) is 4.75. The zero-order valence-electron chi connectivity index (χ0n) is 16.3. The Kier molecular flexibility index (Phi) is 6.06. The average molecular weight is 376 g/mol. The largest absolute Gasteiger partial charge is 0.465 e. The Morgan fingerprint density at radius 3 is 2.43 bits per heavy atom. The van der Waals surface area contributed by atoms with E-state index in [0.717, 1.165) is 17.1 Å². The van der Waals surface area contributed by atoms with E-state index in [9.17, 15) is 9.59 Å². The van der Waals surface area contributed by atoms with E-state index in [-0.39, 0.29) is 11.7 Å². The van der Waals surface area contributed by atoms with Crippen LogP contribution < -0.4 is 5.32 Å². The molecule has 1 amide bonds. The molecule has 0 aliphatic heterocycles. The fraction of sp³-hybridized carbons (Fsp3) is 0.217. The number of aryl methyl sites for hydroxylation is 1. The number of likely N-dealkylation sites (N-methyl/N-ethyl adjacent to an activating group) is 1. The summed E-state index contributed by atoms with van der Waals surface area (Å²) in [5, 5.41) is 2.94. The number of benzene rings is 2. The Morgan fingerprint density at radius 1 is 1.04 bits per heavy atom. The molecule has 3 aromatic rings. The predicted octanol–water partition coefficient (Wildman–Crippen LogP) is 4.60.